The van der Waals surface area contributed by atoms with Crippen LogP contribution in [0.3, 0.4) is 0 Å². The first-order valence-electron chi connectivity index (χ1n) is 9.17. The van der Waals surface area contributed by atoms with Gasteiger partial charge in [-0.3, -0.25) is 4.79 Å². The van der Waals surface area contributed by atoms with Crippen molar-refractivity contribution < 1.29 is 17.6 Å². The molecule has 27 heavy (non-hydrogen) atoms. The number of carbonyl (C=O) groups is 1. The largest absolute Gasteiger partial charge is 0.467 e. The summed E-state index contributed by atoms with van der Waals surface area (Å²) in [5.74, 6) is 0.188. The summed E-state index contributed by atoms with van der Waals surface area (Å²) in [6.07, 6.45) is 2.91. The predicted molar refractivity (Wildman–Crippen MR) is 103 cm³/mol. The quantitative estimate of drug-likeness (QED) is 0.851. The zero-order valence-corrected chi connectivity index (χ0v) is 16.8. The molecule has 1 aliphatic heterocycles. The molecule has 1 atom stereocenters. The molecule has 1 N–H and O–H groups in total. The molecule has 1 aliphatic rings. The highest BCUT2D eigenvalue weighted by Gasteiger charge is 2.34. The van der Waals surface area contributed by atoms with Crippen LogP contribution >= 0.6 is 0 Å². The molecular formula is C20H26N2O4S. The van der Waals surface area contributed by atoms with E-state index < -0.39 is 10.0 Å². The Hall–Kier alpha value is -2.12. The number of sulfonamides is 1. The number of hydrogen-bond acceptors (Lipinski definition) is 4. The molecule has 2 aromatic rings. The summed E-state index contributed by atoms with van der Waals surface area (Å²) >= 11 is 0. The molecular weight excluding hydrogens is 364 g/mol. The maximum atomic E-state index is 13.2. The molecule has 0 saturated carbocycles. The molecule has 7 heteroatoms. The highest BCUT2D eigenvalue weighted by Crippen LogP contribution is 2.29. The van der Waals surface area contributed by atoms with Crippen LogP contribution in [0.25, 0.3) is 0 Å². The van der Waals surface area contributed by atoms with Gasteiger partial charge in [-0.1, -0.05) is 17.7 Å². The maximum Gasteiger partial charge on any atom is 0.243 e. The van der Waals surface area contributed by atoms with Crippen molar-refractivity contribution in [2.24, 2.45) is 5.92 Å². The minimum Gasteiger partial charge on any atom is -0.467 e. The first-order chi connectivity index (χ1) is 12.8. The molecule has 146 valence electrons. The Labute approximate surface area is 160 Å². The smallest absolute Gasteiger partial charge is 0.243 e. The zero-order chi connectivity index (χ0) is 19.6. The molecule has 3 rings (SSSR count). The van der Waals surface area contributed by atoms with E-state index in [9.17, 15) is 13.2 Å². The van der Waals surface area contributed by atoms with Crippen LogP contribution in [0.5, 0.6) is 0 Å². The summed E-state index contributed by atoms with van der Waals surface area (Å²) in [7, 11) is -3.63. The summed E-state index contributed by atoms with van der Waals surface area (Å²) in [5, 5.41) is 2.84. The van der Waals surface area contributed by atoms with Crippen LogP contribution in [0, 0.1) is 26.7 Å². The van der Waals surface area contributed by atoms with Crippen LogP contribution in [-0.2, 0) is 21.4 Å². The van der Waals surface area contributed by atoms with E-state index in [1.54, 1.807) is 18.4 Å². The molecule has 1 aromatic heterocycles. The number of benzene rings is 1. The lowest BCUT2D eigenvalue weighted by Crippen LogP contribution is -2.45. The number of carbonyl (C=O) groups excluding carboxylic acids is 1. The average Bonchev–Trinajstić information content (AvgIpc) is 3.12. The van der Waals surface area contributed by atoms with Crippen molar-refractivity contribution in [1.29, 1.82) is 0 Å². The first kappa shape index (κ1) is 19.6. The van der Waals surface area contributed by atoms with Gasteiger partial charge in [-0.15, -0.1) is 0 Å². The van der Waals surface area contributed by atoms with Gasteiger partial charge in [0, 0.05) is 13.1 Å². The van der Waals surface area contributed by atoms with E-state index in [0.717, 1.165) is 16.7 Å². The minimum atomic E-state index is -3.63. The molecule has 0 unspecified atom stereocenters. The van der Waals surface area contributed by atoms with Crippen molar-refractivity contribution in [3.63, 3.8) is 0 Å². The van der Waals surface area contributed by atoms with Gasteiger partial charge in [0.1, 0.15) is 5.76 Å². The van der Waals surface area contributed by atoms with Gasteiger partial charge in [0.15, 0.2) is 0 Å². The maximum absolute atomic E-state index is 13.2. The van der Waals surface area contributed by atoms with E-state index in [1.165, 1.54) is 4.31 Å². The fourth-order valence-electron chi connectivity index (χ4n) is 3.81. The number of aryl methyl sites for hydroxylation is 3. The van der Waals surface area contributed by atoms with Crippen LogP contribution in [0.4, 0.5) is 0 Å². The van der Waals surface area contributed by atoms with E-state index >= 15 is 0 Å². The monoisotopic (exact) mass is 390 g/mol. The molecule has 6 nitrogen and oxygen atoms in total. The van der Waals surface area contributed by atoms with E-state index in [4.69, 9.17) is 4.42 Å². The molecule has 1 aromatic carbocycles. The van der Waals surface area contributed by atoms with Crippen LogP contribution in [-0.4, -0.2) is 31.7 Å². The Morgan fingerprint density at radius 1 is 1.26 bits per heavy atom. The van der Waals surface area contributed by atoms with E-state index in [1.807, 2.05) is 32.9 Å². The van der Waals surface area contributed by atoms with Gasteiger partial charge in [0.25, 0.3) is 0 Å². The topological polar surface area (TPSA) is 79.6 Å². The normalized spacial score (nSPS) is 18.4. The average molecular weight is 391 g/mol. The Balaban J connectivity index is 1.74. The standard InChI is InChI=1S/C20H26N2O4S/c1-14-10-15(2)19(16(3)11-14)27(24,25)22-8-4-6-17(13-22)20(23)21-12-18-7-5-9-26-18/h5,7,9-11,17H,4,6,8,12-13H2,1-3H3,(H,21,23)/t17-/m1/s1. The molecule has 1 saturated heterocycles. The molecule has 0 aliphatic carbocycles. The minimum absolute atomic E-state index is 0.136. The van der Waals surface area contributed by atoms with Gasteiger partial charge in [-0.25, -0.2) is 8.42 Å². The second-order valence-electron chi connectivity index (χ2n) is 7.23. The number of amides is 1. The molecule has 0 spiro atoms. The Morgan fingerprint density at radius 3 is 2.59 bits per heavy atom. The number of hydrogen-bond donors (Lipinski definition) is 1. The van der Waals surface area contributed by atoms with Gasteiger partial charge in [-0.05, 0) is 56.9 Å². The van der Waals surface area contributed by atoms with Crippen molar-refractivity contribution in [3.05, 3.63) is 53.0 Å². The third kappa shape index (κ3) is 4.25. The molecule has 0 bridgehead atoms. The number of rotatable bonds is 5. The number of furan rings is 1. The lowest BCUT2D eigenvalue weighted by molar-refractivity contribution is -0.126. The second kappa shape index (κ2) is 7.86. The van der Waals surface area contributed by atoms with Crippen LogP contribution in [0.15, 0.2) is 39.8 Å². The SMILES string of the molecule is Cc1cc(C)c(S(=O)(=O)N2CCC[C@@H](C(=O)NCc3ccco3)C2)c(C)c1. The van der Waals surface area contributed by atoms with Gasteiger partial charge >= 0.3 is 0 Å². The van der Waals surface area contributed by atoms with Crippen molar-refractivity contribution in [3.8, 4) is 0 Å². The summed E-state index contributed by atoms with van der Waals surface area (Å²) in [6.45, 7) is 6.56. The zero-order valence-electron chi connectivity index (χ0n) is 16.0. The van der Waals surface area contributed by atoms with Gasteiger partial charge in [0.05, 0.1) is 23.6 Å². The fourth-order valence-corrected chi connectivity index (χ4v) is 5.74. The van der Waals surface area contributed by atoms with Gasteiger partial charge in [0.2, 0.25) is 15.9 Å². The van der Waals surface area contributed by atoms with Crippen LogP contribution < -0.4 is 5.32 Å². The van der Waals surface area contributed by atoms with Crippen LogP contribution in [0.2, 0.25) is 0 Å². The Kier molecular flexibility index (Phi) is 5.72. The molecule has 0 radical (unpaired) electrons. The van der Waals surface area contributed by atoms with E-state index in [0.29, 0.717) is 36.6 Å². The van der Waals surface area contributed by atoms with Crippen molar-refractivity contribution in [2.45, 2.75) is 45.1 Å². The van der Waals surface area contributed by atoms with Gasteiger partial charge in [-0.2, -0.15) is 4.31 Å². The van der Waals surface area contributed by atoms with Crippen molar-refractivity contribution in [1.82, 2.24) is 9.62 Å². The highest BCUT2D eigenvalue weighted by atomic mass is 32.2. The molecule has 1 fully saturated rings. The number of nitrogens with one attached hydrogen (secondary N) is 1. The lowest BCUT2D eigenvalue weighted by atomic mass is 9.99. The predicted octanol–water partition coefficient (Wildman–Crippen LogP) is 2.92. The van der Waals surface area contributed by atoms with Crippen molar-refractivity contribution >= 4 is 15.9 Å². The number of piperidine rings is 1. The second-order valence-corrected chi connectivity index (χ2v) is 9.10. The third-order valence-corrected chi connectivity index (χ3v) is 7.15. The summed E-state index contributed by atoms with van der Waals surface area (Å²) in [6, 6.07) is 7.33. The summed E-state index contributed by atoms with van der Waals surface area (Å²) in [4.78, 5) is 12.9. The van der Waals surface area contributed by atoms with Gasteiger partial charge < -0.3 is 9.73 Å². The summed E-state index contributed by atoms with van der Waals surface area (Å²) in [5.41, 5.74) is 2.53. The summed E-state index contributed by atoms with van der Waals surface area (Å²) < 4.78 is 33.1. The van der Waals surface area contributed by atoms with E-state index in [2.05, 4.69) is 5.32 Å². The molecule has 2 heterocycles. The lowest BCUT2D eigenvalue weighted by Gasteiger charge is -2.32. The Morgan fingerprint density at radius 2 is 1.96 bits per heavy atom. The van der Waals surface area contributed by atoms with Crippen molar-refractivity contribution in [2.75, 3.05) is 13.1 Å². The molecule has 1 amide bonds. The Bertz CT molecular complexity index is 896. The number of nitrogens with zero attached hydrogens (tertiary/aromatic N) is 1. The first-order valence-corrected chi connectivity index (χ1v) is 10.6. The fraction of sp³-hybridized carbons (Fsp3) is 0.450. The highest BCUT2D eigenvalue weighted by molar-refractivity contribution is 7.89. The third-order valence-electron chi connectivity index (χ3n) is 4.97. The van der Waals surface area contributed by atoms with E-state index in [-0.39, 0.29) is 18.4 Å². The van der Waals surface area contributed by atoms with Crippen LogP contribution in [0.1, 0.15) is 35.3 Å².